The molecule has 1 nitrogen and oxygen atoms in total. The van der Waals surface area contributed by atoms with Crippen molar-refractivity contribution in [3.05, 3.63) is 175 Å². The van der Waals surface area contributed by atoms with Crippen molar-refractivity contribution in [2.75, 3.05) is 4.90 Å². The molecule has 6 aromatic rings. The van der Waals surface area contributed by atoms with Crippen molar-refractivity contribution in [3.8, 4) is 22.3 Å². The Hall–Kier alpha value is -5.14. The van der Waals surface area contributed by atoms with E-state index in [1.54, 1.807) is 0 Å². The highest BCUT2D eigenvalue weighted by atomic mass is 15.1. The quantitative estimate of drug-likeness (QED) is 0.197. The molecule has 0 fully saturated rings. The Morgan fingerprint density at radius 1 is 0.333 bits per heavy atom. The zero-order chi connectivity index (χ0) is 26.3. The molecular formula is C38H29N. The highest BCUT2D eigenvalue weighted by molar-refractivity contribution is 5.86. The van der Waals surface area contributed by atoms with Crippen LogP contribution in [-0.2, 0) is 0 Å². The van der Waals surface area contributed by atoms with Crippen LogP contribution in [0, 0.1) is 0 Å². The third kappa shape index (κ3) is 5.58. The zero-order valence-corrected chi connectivity index (χ0v) is 21.7. The lowest BCUT2D eigenvalue weighted by molar-refractivity contribution is 1.28. The predicted molar refractivity (Wildman–Crippen MR) is 167 cm³/mol. The van der Waals surface area contributed by atoms with Gasteiger partial charge in [0.2, 0.25) is 0 Å². The standard InChI is InChI=1S/C38H29N/c1-4-12-30(13-5-1)20-21-35-18-10-11-19-38(35)39(36-26-22-33(23-27-36)31-14-6-2-7-15-31)37-28-24-34(25-29-37)32-16-8-3-9-17-32/h1-29H/b21-20+. The Morgan fingerprint density at radius 3 is 1.26 bits per heavy atom. The minimum atomic E-state index is 1.11. The van der Waals surface area contributed by atoms with Crippen LogP contribution in [-0.4, -0.2) is 0 Å². The summed E-state index contributed by atoms with van der Waals surface area (Å²) in [6, 6.07) is 57.7. The molecule has 0 unspecified atom stereocenters. The van der Waals surface area contributed by atoms with Crippen LogP contribution in [0.1, 0.15) is 11.1 Å². The molecule has 0 saturated heterocycles. The Kier molecular flexibility index (Phi) is 7.14. The molecule has 0 heterocycles. The molecule has 0 atom stereocenters. The van der Waals surface area contributed by atoms with Crippen LogP contribution in [0.25, 0.3) is 34.4 Å². The number of benzene rings is 6. The number of hydrogen-bond acceptors (Lipinski definition) is 1. The van der Waals surface area contributed by atoms with E-state index in [1.165, 1.54) is 27.8 Å². The van der Waals surface area contributed by atoms with Gasteiger partial charge in [0.25, 0.3) is 0 Å². The summed E-state index contributed by atoms with van der Waals surface area (Å²) in [6.45, 7) is 0. The molecule has 0 spiro atoms. The smallest absolute Gasteiger partial charge is 0.0533 e. The largest absolute Gasteiger partial charge is 0.310 e. The lowest BCUT2D eigenvalue weighted by Gasteiger charge is -2.27. The number of hydrogen-bond donors (Lipinski definition) is 0. The van der Waals surface area contributed by atoms with Gasteiger partial charge in [0, 0.05) is 11.4 Å². The first kappa shape index (κ1) is 24.2. The van der Waals surface area contributed by atoms with Crippen LogP contribution < -0.4 is 4.90 Å². The van der Waals surface area contributed by atoms with E-state index in [0.717, 1.165) is 22.6 Å². The first-order chi connectivity index (χ1) is 19.3. The molecule has 0 amide bonds. The Morgan fingerprint density at radius 2 is 0.744 bits per heavy atom. The van der Waals surface area contributed by atoms with Crippen LogP contribution in [0.2, 0.25) is 0 Å². The molecule has 1 heteroatoms. The molecule has 0 aliphatic heterocycles. The Balaban J connectivity index is 1.43. The van der Waals surface area contributed by atoms with Gasteiger partial charge >= 0.3 is 0 Å². The lowest BCUT2D eigenvalue weighted by Crippen LogP contribution is -2.11. The van der Waals surface area contributed by atoms with Crippen LogP contribution in [0.15, 0.2) is 164 Å². The minimum Gasteiger partial charge on any atom is -0.310 e. The summed E-state index contributed by atoms with van der Waals surface area (Å²) in [5.74, 6) is 0. The maximum Gasteiger partial charge on any atom is 0.0533 e. The molecule has 0 aliphatic carbocycles. The van der Waals surface area contributed by atoms with Gasteiger partial charge < -0.3 is 4.90 Å². The molecule has 0 N–H and O–H groups in total. The average molecular weight is 500 g/mol. The Bertz CT molecular complexity index is 1570. The molecule has 0 aliphatic rings. The van der Waals surface area contributed by atoms with Gasteiger partial charge in [-0.3, -0.25) is 0 Å². The van der Waals surface area contributed by atoms with Crippen molar-refractivity contribution in [1.29, 1.82) is 0 Å². The second kappa shape index (κ2) is 11.5. The van der Waals surface area contributed by atoms with Crippen molar-refractivity contribution in [2.24, 2.45) is 0 Å². The molecule has 6 rings (SSSR count). The van der Waals surface area contributed by atoms with Gasteiger partial charge in [-0.15, -0.1) is 0 Å². The van der Waals surface area contributed by atoms with E-state index in [0.29, 0.717) is 0 Å². The third-order valence-corrected chi connectivity index (χ3v) is 6.90. The summed E-state index contributed by atoms with van der Waals surface area (Å²) in [4.78, 5) is 2.34. The van der Waals surface area contributed by atoms with Crippen LogP contribution in [0.4, 0.5) is 17.1 Å². The van der Waals surface area contributed by atoms with E-state index in [4.69, 9.17) is 0 Å². The normalized spacial score (nSPS) is 11.0. The molecule has 186 valence electrons. The predicted octanol–water partition coefficient (Wildman–Crippen LogP) is 10.7. The van der Waals surface area contributed by atoms with Gasteiger partial charge in [0.1, 0.15) is 0 Å². The maximum atomic E-state index is 2.34. The summed E-state index contributed by atoms with van der Waals surface area (Å²) < 4.78 is 0. The van der Waals surface area contributed by atoms with Crippen molar-refractivity contribution >= 4 is 29.2 Å². The zero-order valence-electron chi connectivity index (χ0n) is 21.7. The fraction of sp³-hybridized carbons (Fsp3) is 0. The first-order valence-electron chi connectivity index (χ1n) is 13.3. The van der Waals surface area contributed by atoms with Crippen molar-refractivity contribution in [3.63, 3.8) is 0 Å². The molecule has 39 heavy (non-hydrogen) atoms. The fourth-order valence-corrected chi connectivity index (χ4v) is 4.88. The van der Waals surface area contributed by atoms with Crippen molar-refractivity contribution in [1.82, 2.24) is 0 Å². The summed E-state index contributed by atoms with van der Waals surface area (Å²) >= 11 is 0. The van der Waals surface area contributed by atoms with Gasteiger partial charge in [-0.2, -0.15) is 0 Å². The lowest BCUT2D eigenvalue weighted by atomic mass is 10.0. The second-order valence-electron chi connectivity index (χ2n) is 9.46. The topological polar surface area (TPSA) is 3.24 Å². The molecule has 0 saturated carbocycles. The van der Waals surface area contributed by atoms with Crippen molar-refractivity contribution in [2.45, 2.75) is 0 Å². The minimum absolute atomic E-state index is 1.11. The molecule has 0 radical (unpaired) electrons. The van der Waals surface area contributed by atoms with Crippen molar-refractivity contribution < 1.29 is 0 Å². The van der Waals surface area contributed by atoms with E-state index >= 15 is 0 Å². The molecular weight excluding hydrogens is 470 g/mol. The van der Waals surface area contributed by atoms with E-state index in [-0.39, 0.29) is 0 Å². The summed E-state index contributed by atoms with van der Waals surface area (Å²) in [6.07, 6.45) is 4.38. The van der Waals surface area contributed by atoms with Gasteiger partial charge in [0.15, 0.2) is 0 Å². The summed E-state index contributed by atoms with van der Waals surface area (Å²) in [5.41, 5.74) is 10.5. The van der Waals surface area contributed by atoms with E-state index in [1.807, 2.05) is 6.07 Å². The number of para-hydroxylation sites is 1. The highest BCUT2D eigenvalue weighted by Gasteiger charge is 2.15. The number of rotatable bonds is 7. The van der Waals surface area contributed by atoms with E-state index in [9.17, 15) is 0 Å². The van der Waals surface area contributed by atoms with E-state index in [2.05, 4.69) is 175 Å². The first-order valence-corrected chi connectivity index (χ1v) is 13.3. The molecule has 6 aromatic carbocycles. The highest BCUT2D eigenvalue weighted by Crippen LogP contribution is 2.39. The third-order valence-electron chi connectivity index (χ3n) is 6.90. The van der Waals surface area contributed by atoms with E-state index < -0.39 is 0 Å². The average Bonchev–Trinajstić information content (AvgIpc) is 3.03. The number of nitrogens with zero attached hydrogens (tertiary/aromatic N) is 1. The van der Waals surface area contributed by atoms with Gasteiger partial charge in [-0.25, -0.2) is 0 Å². The second-order valence-corrected chi connectivity index (χ2v) is 9.46. The fourth-order valence-electron chi connectivity index (χ4n) is 4.88. The maximum absolute atomic E-state index is 2.34. The van der Waals surface area contributed by atoms with Gasteiger partial charge in [0.05, 0.1) is 5.69 Å². The summed E-state index contributed by atoms with van der Waals surface area (Å²) in [7, 11) is 0. The molecule has 0 bridgehead atoms. The number of anilines is 3. The van der Waals surface area contributed by atoms with Crippen LogP contribution in [0.5, 0.6) is 0 Å². The van der Waals surface area contributed by atoms with Crippen LogP contribution >= 0.6 is 0 Å². The van der Waals surface area contributed by atoms with Gasteiger partial charge in [-0.1, -0.05) is 146 Å². The van der Waals surface area contributed by atoms with Crippen LogP contribution in [0.3, 0.4) is 0 Å². The molecule has 0 aromatic heterocycles. The Labute approximate surface area is 231 Å². The monoisotopic (exact) mass is 499 g/mol. The summed E-state index contributed by atoms with van der Waals surface area (Å²) in [5, 5.41) is 0. The van der Waals surface area contributed by atoms with Gasteiger partial charge in [-0.05, 0) is 63.7 Å². The SMILES string of the molecule is C(=C\c1ccccc1N(c1ccc(-c2ccccc2)cc1)c1ccc(-c2ccccc2)cc1)/c1ccccc1.